The van der Waals surface area contributed by atoms with Crippen molar-refractivity contribution in [1.82, 2.24) is 30.4 Å². The molecule has 0 aliphatic heterocycles. The second kappa shape index (κ2) is 7.20. The van der Waals surface area contributed by atoms with Crippen molar-refractivity contribution in [3.05, 3.63) is 36.2 Å². The molecule has 0 saturated carbocycles. The minimum Gasteiger partial charge on any atom is -0.350 e. The molecule has 0 atom stereocenters. The molecule has 1 heterocycles. The molecule has 128 valence electrons. The molecule has 0 bridgehead atoms. The van der Waals surface area contributed by atoms with E-state index >= 15 is 0 Å². The molecule has 8 heteroatoms. The number of carbonyl (C=O) groups is 2. The maximum Gasteiger partial charge on any atom is 0.240 e. The SMILES string of the molecule is CN(CC(=O)NC(C)(C)C)C(=O)Cc1ccc(-n2cnnn2)cc1. The highest BCUT2D eigenvalue weighted by atomic mass is 16.2. The minimum atomic E-state index is -0.312. The van der Waals surface area contributed by atoms with Crippen molar-refractivity contribution in [2.75, 3.05) is 13.6 Å². The molecule has 8 nitrogen and oxygen atoms in total. The number of amides is 2. The minimum absolute atomic E-state index is 0.0405. The Bertz CT molecular complexity index is 688. The van der Waals surface area contributed by atoms with Crippen LogP contribution in [-0.2, 0) is 16.0 Å². The predicted octanol–water partition coefficient (Wildman–Crippen LogP) is 0.578. The zero-order valence-electron chi connectivity index (χ0n) is 14.4. The highest BCUT2D eigenvalue weighted by molar-refractivity contribution is 5.85. The summed E-state index contributed by atoms with van der Waals surface area (Å²) in [6, 6.07) is 7.37. The van der Waals surface area contributed by atoms with Crippen molar-refractivity contribution in [1.29, 1.82) is 0 Å². The van der Waals surface area contributed by atoms with Gasteiger partial charge in [0, 0.05) is 12.6 Å². The molecule has 0 unspecified atom stereocenters. The Kier molecular flexibility index (Phi) is 5.28. The summed E-state index contributed by atoms with van der Waals surface area (Å²) in [7, 11) is 1.63. The van der Waals surface area contributed by atoms with Gasteiger partial charge in [-0.25, -0.2) is 4.68 Å². The van der Waals surface area contributed by atoms with E-state index in [9.17, 15) is 9.59 Å². The van der Waals surface area contributed by atoms with Gasteiger partial charge in [0.15, 0.2) is 0 Å². The average Bonchev–Trinajstić information content (AvgIpc) is 3.00. The Morgan fingerprint density at radius 2 is 1.88 bits per heavy atom. The third kappa shape index (κ3) is 5.15. The Labute approximate surface area is 140 Å². The van der Waals surface area contributed by atoms with Crippen LogP contribution in [0.3, 0.4) is 0 Å². The number of aromatic nitrogens is 4. The van der Waals surface area contributed by atoms with Gasteiger partial charge < -0.3 is 10.2 Å². The van der Waals surface area contributed by atoms with Gasteiger partial charge in [-0.2, -0.15) is 0 Å². The fourth-order valence-electron chi connectivity index (χ4n) is 2.12. The number of benzene rings is 1. The summed E-state index contributed by atoms with van der Waals surface area (Å²) in [5, 5.41) is 13.8. The molecule has 2 amide bonds. The summed E-state index contributed by atoms with van der Waals surface area (Å²) in [6.45, 7) is 5.75. The predicted molar refractivity (Wildman–Crippen MR) is 88.4 cm³/mol. The number of nitrogens with zero attached hydrogens (tertiary/aromatic N) is 5. The third-order valence-electron chi connectivity index (χ3n) is 3.23. The Morgan fingerprint density at radius 3 is 2.42 bits per heavy atom. The number of hydrogen-bond donors (Lipinski definition) is 1. The standard InChI is InChI=1S/C16H22N6O2/c1-16(2,3)18-14(23)10-21(4)15(24)9-12-5-7-13(8-6-12)22-11-17-19-20-22/h5-8,11H,9-10H2,1-4H3,(H,18,23). The van der Waals surface area contributed by atoms with Crippen molar-refractivity contribution in [2.24, 2.45) is 0 Å². The Hall–Kier alpha value is -2.77. The lowest BCUT2D eigenvalue weighted by Gasteiger charge is -2.23. The molecule has 0 saturated heterocycles. The maximum absolute atomic E-state index is 12.2. The van der Waals surface area contributed by atoms with E-state index < -0.39 is 0 Å². The van der Waals surface area contributed by atoms with Crippen LogP contribution in [0.25, 0.3) is 5.69 Å². The second-order valence-corrected chi connectivity index (χ2v) is 6.65. The first-order chi connectivity index (χ1) is 11.2. The monoisotopic (exact) mass is 330 g/mol. The van der Waals surface area contributed by atoms with E-state index in [4.69, 9.17) is 0 Å². The molecular formula is C16H22N6O2. The molecule has 0 radical (unpaired) electrons. The van der Waals surface area contributed by atoms with E-state index in [-0.39, 0.29) is 30.3 Å². The van der Waals surface area contributed by atoms with Gasteiger partial charge in [-0.1, -0.05) is 12.1 Å². The maximum atomic E-state index is 12.2. The number of tetrazole rings is 1. The highest BCUT2D eigenvalue weighted by Crippen LogP contribution is 2.09. The average molecular weight is 330 g/mol. The lowest BCUT2D eigenvalue weighted by molar-refractivity contribution is -0.134. The van der Waals surface area contributed by atoms with E-state index in [1.807, 2.05) is 45.0 Å². The van der Waals surface area contributed by atoms with Crippen LogP contribution in [0.15, 0.2) is 30.6 Å². The molecule has 0 fully saturated rings. The smallest absolute Gasteiger partial charge is 0.240 e. The second-order valence-electron chi connectivity index (χ2n) is 6.65. The third-order valence-corrected chi connectivity index (χ3v) is 3.23. The molecule has 2 rings (SSSR count). The van der Waals surface area contributed by atoms with Gasteiger partial charge >= 0.3 is 0 Å². The van der Waals surface area contributed by atoms with E-state index in [1.54, 1.807) is 7.05 Å². The number of likely N-dealkylation sites (N-methyl/N-ethyl adjacent to an activating group) is 1. The van der Waals surface area contributed by atoms with Gasteiger partial charge in [0.05, 0.1) is 18.7 Å². The van der Waals surface area contributed by atoms with Crippen molar-refractivity contribution in [3.63, 3.8) is 0 Å². The van der Waals surface area contributed by atoms with Crippen LogP contribution in [0.4, 0.5) is 0 Å². The van der Waals surface area contributed by atoms with Crippen LogP contribution in [0, 0.1) is 0 Å². The first kappa shape index (κ1) is 17.6. The molecular weight excluding hydrogens is 308 g/mol. The summed E-state index contributed by atoms with van der Waals surface area (Å²) >= 11 is 0. The van der Waals surface area contributed by atoms with E-state index in [0.29, 0.717) is 0 Å². The summed E-state index contributed by atoms with van der Waals surface area (Å²) in [5.74, 6) is -0.290. The van der Waals surface area contributed by atoms with Gasteiger partial charge in [0.1, 0.15) is 6.33 Å². The lowest BCUT2D eigenvalue weighted by atomic mass is 10.1. The van der Waals surface area contributed by atoms with E-state index in [2.05, 4.69) is 20.8 Å². The topological polar surface area (TPSA) is 93.0 Å². The van der Waals surface area contributed by atoms with Crippen molar-refractivity contribution >= 4 is 11.8 Å². The zero-order valence-corrected chi connectivity index (χ0v) is 14.4. The summed E-state index contributed by atoms with van der Waals surface area (Å²) < 4.78 is 1.54. The summed E-state index contributed by atoms with van der Waals surface area (Å²) in [4.78, 5) is 25.5. The van der Waals surface area contributed by atoms with Gasteiger partial charge in [-0.15, -0.1) is 5.10 Å². The quantitative estimate of drug-likeness (QED) is 0.865. The number of carbonyl (C=O) groups excluding carboxylic acids is 2. The lowest BCUT2D eigenvalue weighted by Crippen LogP contribution is -2.46. The Balaban J connectivity index is 1.90. The molecule has 0 aliphatic rings. The summed E-state index contributed by atoms with van der Waals surface area (Å²) in [6.07, 6.45) is 1.73. The number of rotatable bonds is 5. The van der Waals surface area contributed by atoms with E-state index in [1.165, 1.54) is 15.9 Å². The number of hydrogen-bond acceptors (Lipinski definition) is 5. The molecule has 24 heavy (non-hydrogen) atoms. The van der Waals surface area contributed by atoms with Crippen LogP contribution in [-0.4, -0.2) is 56.1 Å². The molecule has 1 aromatic heterocycles. The van der Waals surface area contributed by atoms with Gasteiger partial charge in [-0.05, 0) is 48.9 Å². The molecule has 0 aliphatic carbocycles. The fourth-order valence-corrected chi connectivity index (χ4v) is 2.12. The van der Waals surface area contributed by atoms with Crippen LogP contribution < -0.4 is 5.32 Å². The normalized spacial score (nSPS) is 11.2. The largest absolute Gasteiger partial charge is 0.350 e. The number of nitrogens with one attached hydrogen (secondary N) is 1. The molecule has 1 N–H and O–H groups in total. The fraction of sp³-hybridized carbons (Fsp3) is 0.438. The molecule has 1 aromatic carbocycles. The van der Waals surface area contributed by atoms with Gasteiger partial charge in [0.2, 0.25) is 11.8 Å². The first-order valence-corrected chi connectivity index (χ1v) is 7.62. The van der Waals surface area contributed by atoms with Gasteiger partial charge in [0.25, 0.3) is 0 Å². The van der Waals surface area contributed by atoms with Crippen molar-refractivity contribution < 1.29 is 9.59 Å². The van der Waals surface area contributed by atoms with Crippen molar-refractivity contribution in [2.45, 2.75) is 32.7 Å². The highest BCUT2D eigenvalue weighted by Gasteiger charge is 2.18. The van der Waals surface area contributed by atoms with Crippen molar-refractivity contribution in [3.8, 4) is 5.69 Å². The molecule has 2 aromatic rings. The van der Waals surface area contributed by atoms with Gasteiger partial charge in [-0.3, -0.25) is 9.59 Å². The zero-order chi connectivity index (χ0) is 17.7. The Morgan fingerprint density at radius 1 is 1.21 bits per heavy atom. The van der Waals surface area contributed by atoms with Crippen LogP contribution in [0.1, 0.15) is 26.3 Å². The molecule has 0 spiro atoms. The van der Waals surface area contributed by atoms with Crippen LogP contribution in [0.5, 0.6) is 0 Å². The first-order valence-electron chi connectivity index (χ1n) is 7.62. The van der Waals surface area contributed by atoms with Crippen LogP contribution in [0.2, 0.25) is 0 Å². The van der Waals surface area contributed by atoms with Crippen LogP contribution >= 0.6 is 0 Å². The van der Waals surface area contributed by atoms with E-state index in [0.717, 1.165) is 11.3 Å². The summed E-state index contributed by atoms with van der Waals surface area (Å²) in [5.41, 5.74) is 1.36.